The SMILES string of the molecule is COc1ccccc1NC(=O)c1ccc(NC2CCCCCC2)cn1. The molecule has 1 aliphatic carbocycles. The maximum Gasteiger partial charge on any atom is 0.274 e. The third-order valence-corrected chi connectivity index (χ3v) is 4.58. The summed E-state index contributed by atoms with van der Waals surface area (Å²) in [6.07, 6.45) is 9.38. The van der Waals surface area contributed by atoms with Crippen LogP contribution in [0, 0.1) is 0 Å². The van der Waals surface area contributed by atoms with Gasteiger partial charge in [0, 0.05) is 6.04 Å². The molecule has 0 unspecified atom stereocenters. The number of pyridine rings is 1. The van der Waals surface area contributed by atoms with Gasteiger partial charge in [0.05, 0.1) is 24.7 Å². The van der Waals surface area contributed by atoms with E-state index in [0.29, 0.717) is 23.2 Å². The van der Waals surface area contributed by atoms with Crippen molar-refractivity contribution in [2.45, 2.75) is 44.6 Å². The first-order valence-electron chi connectivity index (χ1n) is 8.93. The van der Waals surface area contributed by atoms with E-state index < -0.39 is 0 Å². The van der Waals surface area contributed by atoms with Crippen LogP contribution in [-0.4, -0.2) is 24.0 Å². The predicted molar refractivity (Wildman–Crippen MR) is 100 cm³/mol. The fourth-order valence-electron chi connectivity index (χ4n) is 3.21. The molecule has 0 spiro atoms. The number of nitrogens with zero attached hydrogens (tertiary/aromatic N) is 1. The zero-order chi connectivity index (χ0) is 17.5. The van der Waals surface area contributed by atoms with Gasteiger partial charge in [-0.1, -0.05) is 37.8 Å². The molecule has 5 heteroatoms. The fourth-order valence-corrected chi connectivity index (χ4v) is 3.21. The van der Waals surface area contributed by atoms with Gasteiger partial charge in [-0.3, -0.25) is 4.79 Å². The number of anilines is 2. The Morgan fingerprint density at radius 2 is 1.84 bits per heavy atom. The number of aromatic nitrogens is 1. The first-order chi connectivity index (χ1) is 12.3. The van der Waals surface area contributed by atoms with E-state index in [9.17, 15) is 4.79 Å². The van der Waals surface area contributed by atoms with Crippen molar-refractivity contribution in [2.75, 3.05) is 17.7 Å². The summed E-state index contributed by atoms with van der Waals surface area (Å²) < 4.78 is 5.25. The molecule has 1 amide bonds. The number of carbonyl (C=O) groups excluding carboxylic acids is 1. The minimum atomic E-state index is -0.245. The van der Waals surface area contributed by atoms with E-state index in [0.717, 1.165) is 5.69 Å². The highest BCUT2D eigenvalue weighted by atomic mass is 16.5. The first kappa shape index (κ1) is 17.3. The zero-order valence-corrected chi connectivity index (χ0v) is 14.6. The van der Waals surface area contributed by atoms with Gasteiger partial charge in [0.15, 0.2) is 0 Å². The quantitative estimate of drug-likeness (QED) is 0.789. The van der Waals surface area contributed by atoms with Crippen molar-refractivity contribution in [3.8, 4) is 5.75 Å². The van der Waals surface area contributed by atoms with Crippen molar-refractivity contribution in [2.24, 2.45) is 0 Å². The molecule has 25 heavy (non-hydrogen) atoms. The number of rotatable bonds is 5. The Balaban J connectivity index is 1.62. The van der Waals surface area contributed by atoms with Gasteiger partial charge in [-0.25, -0.2) is 4.98 Å². The van der Waals surface area contributed by atoms with Crippen molar-refractivity contribution in [3.05, 3.63) is 48.3 Å². The summed E-state index contributed by atoms with van der Waals surface area (Å²) in [5.41, 5.74) is 2.00. The average Bonchev–Trinajstić information content (AvgIpc) is 2.91. The Kier molecular flexibility index (Phi) is 5.88. The number of hydrogen-bond acceptors (Lipinski definition) is 4. The number of methoxy groups -OCH3 is 1. The molecule has 1 heterocycles. The molecule has 1 saturated carbocycles. The fraction of sp³-hybridized carbons (Fsp3) is 0.400. The molecule has 5 nitrogen and oxygen atoms in total. The standard InChI is InChI=1S/C20H25N3O2/c1-25-19-11-7-6-10-17(19)23-20(24)18-13-12-16(14-21-18)22-15-8-4-2-3-5-9-15/h6-7,10-15,22H,2-5,8-9H2,1H3,(H,23,24). The van der Waals surface area contributed by atoms with Crippen molar-refractivity contribution in [3.63, 3.8) is 0 Å². The van der Waals surface area contributed by atoms with E-state index >= 15 is 0 Å². The van der Waals surface area contributed by atoms with Crippen LogP contribution in [0.1, 0.15) is 49.0 Å². The minimum Gasteiger partial charge on any atom is -0.495 e. The Morgan fingerprint density at radius 3 is 2.52 bits per heavy atom. The van der Waals surface area contributed by atoms with E-state index in [1.54, 1.807) is 25.4 Å². The van der Waals surface area contributed by atoms with E-state index in [2.05, 4.69) is 15.6 Å². The van der Waals surface area contributed by atoms with Crippen molar-refractivity contribution < 1.29 is 9.53 Å². The van der Waals surface area contributed by atoms with Gasteiger partial charge in [-0.05, 0) is 37.1 Å². The molecule has 2 N–H and O–H groups in total. The molecule has 2 aromatic rings. The van der Waals surface area contributed by atoms with Crippen molar-refractivity contribution >= 4 is 17.3 Å². The molecule has 1 aliphatic rings. The smallest absolute Gasteiger partial charge is 0.274 e. The van der Waals surface area contributed by atoms with E-state index in [-0.39, 0.29) is 5.91 Å². The second-order valence-electron chi connectivity index (χ2n) is 6.42. The van der Waals surface area contributed by atoms with Gasteiger partial charge >= 0.3 is 0 Å². The third kappa shape index (κ3) is 4.72. The molecule has 1 aromatic heterocycles. The summed E-state index contributed by atoms with van der Waals surface area (Å²) in [6.45, 7) is 0. The Labute approximate surface area is 148 Å². The summed E-state index contributed by atoms with van der Waals surface area (Å²) in [5.74, 6) is 0.382. The van der Waals surface area contributed by atoms with Gasteiger partial charge in [0.2, 0.25) is 0 Å². The maximum absolute atomic E-state index is 12.4. The van der Waals surface area contributed by atoms with Crippen LogP contribution in [0.3, 0.4) is 0 Å². The molecular formula is C20H25N3O2. The van der Waals surface area contributed by atoms with Gasteiger partial charge < -0.3 is 15.4 Å². The van der Waals surface area contributed by atoms with Gasteiger partial charge in [-0.2, -0.15) is 0 Å². The van der Waals surface area contributed by atoms with Crippen LogP contribution < -0.4 is 15.4 Å². The number of amides is 1. The molecule has 0 atom stereocenters. The molecule has 0 saturated heterocycles. The van der Waals surface area contributed by atoms with Crippen LogP contribution in [0.5, 0.6) is 5.75 Å². The highest BCUT2D eigenvalue weighted by molar-refractivity contribution is 6.03. The van der Waals surface area contributed by atoms with Crippen LogP contribution in [0.4, 0.5) is 11.4 Å². The summed E-state index contributed by atoms with van der Waals surface area (Å²) in [6, 6.07) is 11.5. The Bertz CT molecular complexity index is 692. The lowest BCUT2D eigenvalue weighted by Gasteiger charge is -2.17. The van der Waals surface area contributed by atoms with Crippen molar-refractivity contribution in [1.82, 2.24) is 4.98 Å². The number of hydrogen-bond donors (Lipinski definition) is 2. The highest BCUT2D eigenvalue weighted by Gasteiger charge is 2.13. The van der Waals surface area contributed by atoms with Crippen LogP contribution in [0.15, 0.2) is 42.6 Å². The topological polar surface area (TPSA) is 63.2 Å². The van der Waals surface area contributed by atoms with Crippen LogP contribution in [-0.2, 0) is 0 Å². The molecule has 1 fully saturated rings. The predicted octanol–water partition coefficient (Wildman–Crippen LogP) is 4.48. The summed E-state index contributed by atoms with van der Waals surface area (Å²) in [7, 11) is 1.58. The highest BCUT2D eigenvalue weighted by Crippen LogP contribution is 2.24. The number of para-hydroxylation sites is 2. The molecule has 0 bridgehead atoms. The van der Waals surface area contributed by atoms with Gasteiger partial charge in [0.25, 0.3) is 5.91 Å². The van der Waals surface area contributed by atoms with Crippen LogP contribution in [0.25, 0.3) is 0 Å². The molecule has 3 rings (SSSR count). The molecular weight excluding hydrogens is 314 g/mol. The number of ether oxygens (including phenoxy) is 1. The normalized spacial score (nSPS) is 15.2. The van der Waals surface area contributed by atoms with Crippen LogP contribution in [0.2, 0.25) is 0 Å². The van der Waals surface area contributed by atoms with E-state index in [1.165, 1.54) is 38.5 Å². The largest absolute Gasteiger partial charge is 0.495 e. The molecule has 0 radical (unpaired) electrons. The number of benzene rings is 1. The first-order valence-corrected chi connectivity index (χ1v) is 8.93. The van der Waals surface area contributed by atoms with Gasteiger partial charge in [-0.15, -0.1) is 0 Å². The molecule has 0 aliphatic heterocycles. The van der Waals surface area contributed by atoms with Gasteiger partial charge in [0.1, 0.15) is 11.4 Å². The number of nitrogens with one attached hydrogen (secondary N) is 2. The second-order valence-corrected chi connectivity index (χ2v) is 6.42. The van der Waals surface area contributed by atoms with Crippen molar-refractivity contribution in [1.29, 1.82) is 0 Å². The average molecular weight is 339 g/mol. The summed E-state index contributed by atoms with van der Waals surface area (Å²) >= 11 is 0. The van der Waals surface area contributed by atoms with Crippen LogP contribution >= 0.6 is 0 Å². The lowest BCUT2D eigenvalue weighted by atomic mass is 10.1. The maximum atomic E-state index is 12.4. The monoisotopic (exact) mass is 339 g/mol. The lowest BCUT2D eigenvalue weighted by Crippen LogP contribution is -2.19. The Morgan fingerprint density at radius 1 is 1.08 bits per heavy atom. The zero-order valence-electron chi connectivity index (χ0n) is 14.6. The summed E-state index contributed by atoms with van der Waals surface area (Å²) in [4.78, 5) is 16.7. The third-order valence-electron chi connectivity index (χ3n) is 4.58. The minimum absolute atomic E-state index is 0.245. The summed E-state index contributed by atoms with van der Waals surface area (Å²) in [5, 5.41) is 6.38. The lowest BCUT2D eigenvalue weighted by molar-refractivity contribution is 0.102. The molecule has 1 aromatic carbocycles. The Hall–Kier alpha value is -2.56. The number of carbonyl (C=O) groups is 1. The van der Waals surface area contributed by atoms with E-state index in [4.69, 9.17) is 4.74 Å². The van der Waals surface area contributed by atoms with E-state index in [1.807, 2.05) is 24.3 Å². The second kappa shape index (κ2) is 8.51. The molecule has 132 valence electrons.